The van der Waals surface area contributed by atoms with Gasteiger partial charge in [0.25, 0.3) is 5.91 Å². The normalized spacial score (nSPS) is 10.4. The molecule has 0 saturated carbocycles. The van der Waals surface area contributed by atoms with Crippen LogP contribution in [0.5, 0.6) is 0 Å². The fourth-order valence-corrected chi connectivity index (χ4v) is 1.21. The van der Waals surface area contributed by atoms with Crippen LogP contribution in [-0.2, 0) is 0 Å². The van der Waals surface area contributed by atoms with Gasteiger partial charge in [-0.2, -0.15) is 0 Å². The molecule has 2 nitrogen and oxygen atoms in total. The Kier molecular flexibility index (Phi) is 4.28. The predicted molar refractivity (Wildman–Crippen MR) is 58.2 cm³/mol. The predicted octanol–water partition coefficient (Wildman–Crippen LogP) is 2.60. The maximum absolute atomic E-state index is 13.2. The Morgan fingerprint density at radius 2 is 2.07 bits per heavy atom. The summed E-state index contributed by atoms with van der Waals surface area (Å²) in [6.45, 7) is 4.75. The van der Waals surface area contributed by atoms with Crippen LogP contribution in [0.15, 0.2) is 24.3 Å². The Morgan fingerprint density at radius 3 is 2.67 bits per heavy atom. The number of hydrogen-bond donors (Lipinski definition) is 1. The highest BCUT2D eigenvalue weighted by atomic mass is 19.1. The number of carbonyl (C=O) groups is 1. The number of halogens is 1. The van der Waals surface area contributed by atoms with E-state index in [-0.39, 0.29) is 11.5 Å². The highest BCUT2D eigenvalue weighted by molar-refractivity contribution is 5.94. The maximum atomic E-state index is 13.2. The Balaban J connectivity index is 2.51. The van der Waals surface area contributed by atoms with Gasteiger partial charge in [-0.15, -0.1) is 0 Å². The van der Waals surface area contributed by atoms with Gasteiger partial charge < -0.3 is 5.32 Å². The van der Waals surface area contributed by atoms with Crippen LogP contribution < -0.4 is 5.32 Å². The molecule has 1 rings (SSSR count). The first-order valence-electron chi connectivity index (χ1n) is 5.14. The molecule has 0 fully saturated rings. The van der Waals surface area contributed by atoms with Crippen LogP contribution >= 0.6 is 0 Å². The first kappa shape index (κ1) is 11.7. The molecule has 0 saturated heterocycles. The van der Waals surface area contributed by atoms with Crippen LogP contribution in [0, 0.1) is 11.7 Å². The van der Waals surface area contributed by atoms with Gasteiger partial charge in [0, 0.05) is 6.54 Å². The van der Waals surface area contributed by atoms with E-state index in [0.29, 0.717) is 12.5 Å². The minimum atomic E-state index is -0.473. The summed E-state index contributed by atoms with van der Waals surface area (Å²) >= 11 is 0. The zero-order valence-corrected chi connectivity index (χ0v) is 9.09. The van der Waals surface area contributed by atoms with Crippen molar-refractivity contribution >= 4 is 5.91 Å². The van der Waals surface area contributed by atoms with Crippen molar-refractivity contribution in [1.82, 2.24) is 5.32 Å². The van der Waals surface area contributed by atoms with E-state index in [4.69, 9.17) is 0 Å². The molecular weight excluding hydrogens is 193 g/mol. The fourth-order valence-electron chi connectivity index (χ4n) is 1.21. The van der Waals surface area contributed by atoms with Crippen molar-refractivity contribution < 1.29 is 9.18 Å². The quantitative estimate of drug-likeness (QED) is 0.811. The molecule has 0 radical (unpaired) electrons. The first-order chi connectivity index (χ1) is 7.11. The fraction of sp³-hybridized carbons (Fsp3) is 0.417. The average Bonchev–Trinajstić information content (AvgIpc) is 2.17. The van der Waals surface area contributed by atoms with Crippen LogP contribution in [0.2, 0.25) is 0 Å². The number of rotatable bonds is 4. The Morgan fingerprint density at radius 1 is 1.40 bits per heavy atom. The standard InChI is InChI=1S/C12H16FNO/c1-9(2)7-8-14-12(15)10-5-3-4-6-11(10)13/h3-6,9H,7-8H2,1-2H3,(H,14,15). The molecule has 1 aromatic rings. The Labute approximate surface area is 89.5 Å². The largest absolute Gasteiger partial charge is 0.352 e. The molecular formula is C12H16FNO. The Hall–Kier alpha value is -1.38. The van der Waals surface area contributed by atoms with Crippen molar-refractivity contribution in [3.8, 4) is 0 Å². The second-order valence-corrected chi connectivity index (χ2v) is 3.92. The summed E-state index contributed by atoms with van der Waals surface area (Å²) in [6.07, 6.45) is 0.903. The van der Waals surface area contributed by atoms with E-state index in [1.807, 2.05) is 0 Å². The van der Waals surface area contributed by atoms with Gasteiger partial charge >= 0.3 is 0 Å². The zero-order chi connectivity index (χ0) is 11.3. The topological polar surface area (TPSA) is 29.1 Å². The van der Waals surface area contributed by atoms with Gasteiger partial charge in [0.2, 0.25) is 0 Å². The molecule has 0 aliphatic carbocycles. The lowest BCUT2D eigenvalue weighted by molar-refractivity contribution is 0.0948. The van der Waals surface area contributed by atoms with Gasteiger partial charge in [-0.3, -0.25) is 4.79 Å². The number of benzene rings is 1. The van der Waals surface area contributed by atoms with Gasteiger partial charge in [0.15, 0.2) is 0 Å². The van der Waals surface area contributed by atoms with Crippen molar-refractivity contribution in [3.63, 3.8) is 0 Å². The van der Waals surface area contributed by atoms with E-state index >= 15 is 0 Å². The summed E-state index contributed by atoms with van der Waals surface area (Å²) < 4.78 is 13.2. The van der Waals surface area contributed by atoms with E-state index < -0.39 is 5.82 Å². The van der Waals surface area contributed by atoms with E-state index in [1.54, 1.807) is 12.1 Å². The second kappa shape index (κ2) is 5.49. The summed E-state index contributed by atoms with van der Waals surface area (Å²) in [4.78, 5) is 11.5. The van der Waals surface area contributed by atoms with Crippen molar-refractivity contribution in [1.29, 1.82) is 0 Å². The van der Waals surface area contributed by atoms with E-state index in [0.717, 1.165) is 6.42 Å². The van der Waals surface area contributed by atoms with Crippen molar-refractivity contribution in [2.24, 2.45) is 5.92 Å². The third-order valence-electron chi connectivity index (χ3n) is 2.13. The summed E-state index contributed by atoms with van der Waals surface area (Å²) in [6, 6.07) is 6.00. The highest BCUT2D eigenvalue weighted by Crippen LogP contribution is 2.06. The molecule has 0 spiro atoms. The lowest BCUT2D eigenvalue weighted by Crippen LogP contribution is -2.26. The molecule has 0 aromatic heterocycles. The second-order valence-electron chi connectivity index (χ2n) is 3.92. The summed E-state index contributed by atoms with van der Waals surface area (Å²) in [5.74, 6) is -0.279. The van der Waals surface area contributed by atoms with E-state index in [9.17, 15) is 9.18 Å². The van der Waals surface area contributed by atoms with Gasteiger partial charge in [0.05, 0.1) is 5.56 Å². The summed E-state index contributed by atoms with van der Waals surface area (Å²) in [5, 5.41) is 2.69. The van der Waals surface area contributed by atoms with Gasteiger partial charge in [-0.1, -0.05) is 26.0 Å². The van der Waals surface area contributed by atoms with E-state index in [1.165, 1.54) is 12.1 Å². The van der Waals surface area contributed by atoms with Crippen LogP contribution in [0.3, 0.4) is 0 Å². The lowest BCUT2D eigenvalue weighted by Gasteiger charge is -2.07. The van der Waals surface area contributed by atoms with Crippen LogP contribution in [0.1, 0.15) is 30.6 Å². The molecule has 0 unspecified atom stereocenters. The molecule has 1 N–H and O–H groups in total. The molecule has 0 aliphatic rings. The smallest absolute Gasteiger partial charge is 0.254 e. The molecule has 15 heavy (non-hydrogen) atoms. The maximum Gasteiger partial charge on any atom is 0.254 e. The van der Waals surface area contributed by atoms with Gasteiger partial charge in [0.1, 0.15) is 5.82 Å². The molecule has 0 atom stereocenters. The monoisotopic (exact) mass is 209 g/mol. The van der Waals surface area contributed by atoms with Crippen molar-refractivity contribution in [3.05, 3.63) is 35.6 Å². The van der Waals surface area contributed by atoms with Crippen molar-refractivity contribution in [2.75, 3.05) is 6.54 Å². The number of hydrogen-bond acceptors (Lipinski definition) is 1. The summed E-state index contributed by atoms with van der Waals surface area (Å²) in [7, 11) is 0. The zero-order valence-electron chi connectivity index (χ0n) is 9.09. The lowest BCUT2D eigenvalue weighted by atomic mass is 10.1. The van der Waals surface area contributed by atoms with Crippen LogP contribution in [-0.4, -0.2) is 12.5 Å². The molecule has 0 aliphatic heterocycles. The number of amides is 1. The molecule has 1 aromatic carbocycles. The third-order valence-corrected chi connectivity index (χ3v) is 2.13. The molecule has 3 heteroatoms. The minimum Gasteiger partial charge on any atom is -0.352 e. The van der Waals surface area contributed by atoms with E-state index in [2.05, 4.69) is 19.2 Å². The Bertz CT molecular complexity index is 336. The number of nitrogens with one attached hydrogen (secondary N) is 1. The third kappa shape index (κ3) is 3.70. The van der Waals surface area contributed by atoms with Gasteiger partial charge in [-0.05, 0) is 24.5 Å². The number of carbonyl (C=O) groups excluding carboxylic acids is 1. The van der Waals surface area contributed by atoms with Crippen LogP contribution in [0.4, 0.5) is 4.39 Å². The van der Waals surface area contributed by atoms with Crippen molar-refractivity contribution in [2.45, 2.75) is 20.3 Å². The van der Waals surface area contributed by atoms with Gasteiger partial charge in [-0.25, -0.2) is 4.39 Å². The minimum absolute atomic E-state index is 0.112. The molecule has 0 heterocycles. The molecule has 0 bridgehead atoms. The summed E-state index contributed by atoms with van der Waals surface area (Å²) in [5.41, 5.74) is 0.112. The molecule has 1 amide bonds. The first-order valence-corrected chi connectivity index (χ1v) is 5.14. The SMILES string of the molecule is CC(C)CCNC(=O)c1ccccc1F. The molecule has 82 valence electrons. The highest BCUT2D eigenvalue weighted by Gasteiger charge is 2.09. The van der Waals surface area contributed by atoms with Crippen LogP contribution in [0.25, 0.3) is 0 Å². The average molecular weight is 209 g/mol.